The molecule has 1 saturated carbocycles. The van der Waals surface area contributed by atoms with Gasteiger partial charge in [-0.2, -0.15) is 0 Å². The van der Waals surface area contributed by atoms with Crippen LogP contribution in [0.3, 0.4) is 0 Å². The first-order chi connectivity index (χ1) is 12.7. The van der Waals surface area contributed by atoms with Crippen LogP contribution in [0.4, 0.5) is 0 Å². The summed E-state index contributed by atoms with van der Waals surface area (Å²) in [6, 6.07) is 0. The van der Waals surface area contributed by atoms with Crippen molar-refractivity contribution in [3.8, 4) is 0 Å². The Morgan fingerprint density at radius 1 is 1.19 bits per heavy atom. The van der Waals surface area contributed by atoms with E-state index in [0.717, 1.165) is 31.3 Å². The fourth-order valence-corrected chi connectivity index (χ4v) is 3.36. The number of hydrogen-bond acceptors (Lipinski definition) is 4. The summed E-state index contributed by atoms with van der Waals surface area (Å²) in [6.07, 6.45) is 9.57. The van der Waals surface area contributed by atoms with E-state index < -0.39 is 0 Å². The molecule has 1 aromatic rings. The number of rotatable bonds is 9. The van der Waals surface area contributed by atoms with E-state index in [4.69, 9.17) is 0 Å². The van der Waals surface area contributed by atoms with E-state index in [1.165, 1.54) is 32.1 Å². The van der Waals surface area contributed by atoms with Gasteiger partial charge in [-0.1, -0.05) is 26.2 Å². The van der Waals surface area contributed by atoms with Gasteiger partial charge < -0.3 is 20.5 Å². The van der Waals surface area contributed by atoms with Crippen LogP contribution in [0.15, 0.2) is 11.3 Å². The molecule has 0 spiro atoms. The minimum atomic E-state index is 0. The number of guanidine groups is 1. The number of amides is 1. The van der Waals surface area contributed by atoms with E-state index in [1.54, 1.807) is 13.4 Å². The van der Waals surface area contributed by atoms with Crippen molar-refractivity contribution in [2.75, 3.05) is 26.7 Å². The highest BCUT2D eigenvalue weighted by Crippen LogP contribution is 2.25. The Morgan fingerprint density at radius 3 is 2.59 bits per heavy atom. The maximum Gasteiger partial charge on any atom is 0.220 e. The second-order valence-corrected chi connectivity index (χ2v) is 6.78. The van der Waals surface area contributed by atoms with Gasteiger partial charge in [-0.25, -0.2) is 0 Å². The molecule has 0 unspecified atom stereocenters. The normalized spacial score (nSPS) is 15.1. The maximum absolute atomic E-state index is 12.0. The number of aromatic nitrogens is 3. The molecular formula is C18H34IN7O. The van der Waals surface area contributed by atoms with Crippen molar-refractivity contribution >= 4 is 35.8 Å². The van der Waals surface area contributed by atoms with E-state index in [1.807, 2.05) is 4.57 Å². The second kappa shape index (κ2) is 13.7. The lowest BCUT2D eigenvalue weighted by atomic mass is 9.87. The summed E-state index contributed by atoms with van der Waals surface area (Å²) < 4.78 is 2.03. The van der Waals surface area contributed by atoms with Crippen molar-refractivity contribution in [3.63, 3.8) is 0 Å². The number of carbonyl (C=O) groups is 1. The van der Waals surface area contributed by atoms with Crippen LogP contribution in [0.1, 0.15) is 51.3 Å². The molecule has 3 N–H and O–H groups in total. The van der Waals surface area contributed by atoms with E-state index in [2.05, 4.69) is 38.1 Å². The molecule has 1 amide bonds. The number of carbonyl (C=O) groups excluding carboxylic acids is 1. The van der Waals surface area contributed by atoms with Gasteiger partial charge in [0, 0.05) is 46.1 Å². The van der Waals surface area contributed by atoms with Gasteiger partial charge in [0.05, 0.1) is 0 Å². The van der Waals surface area contributed by atoms with Crippen LogP contribution in [-0.4, -0.2) is 53.3 Å². The highest BCUT2D eigenvalue weighted by molar-refractivity contribution is 14.0. The standard InChI is InChI=1S/C18H33N7O.HI/c1-3-16-24-23-14-25(16)12-11-22-18(19-2)21-10-9-20-17(26)13-15-7-5-4-6-8-15;/h14-15H,3-13H2,1-2H3,(H,20,26)(H2,19,21,22);1H. The van der Waals surface area contributed by atoms with Gasteiger partial charge in [0.15, 0.2) is 5.96 Å². The predicted molar refractivity (Wildman–Crippen MR) is 118 cm³/mol. The van der Waals surface area contributed by atoms with Crippen LogP contribution >= 0.6 is 24.0 Å². The highest BCUT2D eigenvalue weighted by atomic mass is 127. The largest absolute Gasteiger partial charge is 0.355 e. The molecule has 0 atom stereocenters. The van der Waals surface area contributed by atoms with Crippen molar-refractivity contribution in [1.29, 1.82) is 0 Å². The topological polar surface area (TPSA) is 96.2 Å². The third-order valence-electron chi connectivity index (χ3n) is 4.82. The van der Waals surface area contributed by atoms with Crippen LogP contribution < -0.4 is 16.0 Å². The fraction of sp³-hybridized carbons (Fsp3) is 0.778. The zero-order valence-corrected chi connectivity index (χ0v) is 18.9. The molecule has 0 saturated heterocycles. The Morgan fingerprint density at radius 2 is 1.89 bits per heavy atom. The van der Waals surface area contributed by atoms with Crippen molar-refractivity contribution in [2.24, 2.45) is 10.9 Å². The van der Waals surface area contributed by atoms with Crippen molar-refractivity contribution in [1.82, 2.24) is 30.7 Å². The Bertz CT molecular complexity index is 570. The molecule has 8 nitrogen and oxygen atoms in total. The smallest absolute Gasteiger partial charge is 0.220 e. The second-order valence-electron chi connectivity index (χ2n) is 6.78. The number of hydrogen-bond donors (Lipinski definition) is 3. The van der Waals surface area contributed by atoms with Crippen LogP contribution in [-0.2, 0) is 17.8 Å². The minimum Gasteiger partial charge on any atom is -0.355 e. The highest BCUT2D eigenvalue weighted by Gasteiger charge is 2.16. The van der Waals surface area contributed by atoms with Crippen LogP contribution in [0.25, 0.3) is 0 Å². The zero-order chi connectivity index (χ0) is 18.6. The Kier molecular flexibility index (Phi) is 12.0. The van der Waals surface area contributed by atoms with Crippen LogP contribution in [0.5, 0.6) is 0 Å². The molecule has 154 valence electrons. The monoisotopic (exact) mass is 491 g/mol. The summed E-state index contributed by atoms with van der Waals surface area (Å²) in [5.41, 5.74) is 0. The van der Waals surface area contributed by atoms with Gasteiger partial charge in [0.1, 0.15) is 12.2 Å². The molecule has 2 rings (SSSR count). The number of aryl methyl sites for hydroxylation is 1. The summed E-state index contributed by atoms with van der Waals surface area (Å²) in [7, 11) is 1.74. The Labute approximate surface area is 179 Å². The number of aliphatic imine (C=N–C) groups is 1. The third kappa shape index (κ3) is 8.89. The van der Waals surface area contributed by atoms with E-state index in [0.29, 0.717) is 25.4 Å². The molecule has 1 aliphatic carbocycles. The van der Waals surface area contributed by atoms with Crippen molar-refractivity contribution < 1.29 is 4.79 Å². The van der Waals surface area contributed by atoms with Gasteiger partial charge in [-0.05, 0) is 18.8 Å². The Hall–Kier alpha value is -1.39. The Balaban J connectivity index is 0.00000364. The summed E-state index contributed by atoms with van der Waals surface area (Å²) in [4.78, 5) is 16.2. The number of nitrogens with zero attached hydrogens (tertiary/aromatic N) is 4. The summed E-state index contributed by atoms with van der Waals surface area (Å²) in [6.45, 7) is 4.85. The molecule has 0 radical (unpaired) electrons. The molecule has 0 aromatic carbocycles. The molecule has 1 aliphatic rings. The average Bonchev–Trinajstić information content (AvgIpc) is 3.12. The van der Waals surface area contributed by atoms with E-state index in [-0.39, 0.29) is 29.9 Å². The minimum absolute atomic E-state index is 0. The molecule has 27 heavy (non-hydrogen) atoms. The molecule has 1 heterocycles. The van der Waals surface area contributed by atoms with Crippen LogP contribution in [0.2, 0.25) is 0 Å². The predicted octanol–water partition coefficient (Wildman–Crippen LogP) is 1.71. The van der Waals surface area contributed by atoms with Crippen molar-refractivity contribution in [3.05, 3.63) is 12.2 Å². The van der Waals surface area contributed by atoms with Crippen LogP contribution in [0, 0.1) is 5.92 Å². The van der Waals surface area contributed by atoms with Gasteiger partial charge in [0.2, 0.25) is 5.91 Å². The molecule has 0 bridgehead atoms. The molecule has 1 fully saturated rings. The van der Waals surface area contributed by atoms with Gasteiger partial charge in [0.25, 0.3) is 0 Å². The lowest BCUT2D eigenvalue weighted by Gasteiger charge is -2.20. The van der Waals surface area contributed by atoms with Crippen molar-refractivity contribution in [2.45, 2.75) is 58.4 Å². The maximum atomic E-state index is 12.0. The first-order valence-corrected chi connectivity index (χ1v) is 9.80. The fourth-order valence-electron chi connectivity index (χ4n) is 3.36. The lowest BCUT2D eigenvalue weighted by molar-refractivity contribution is -0.122. The third-order valence-corrected chi connectivity index (χ3v) is 4.82. The molecule has 9 heteroatoms. The first-order valence-electron chi connectivity index (χ1n) is 9.80. The summed E-state index contributed by atoms with van der Waals surface area (Å²) >= 11 is 0. The number of halogens is 1. The molecule has 0 aliphatic heterocycles. The lowest BCUT2D eigenvalue weighted by Crippen LogP contribution is -2.42. The van der Waals surface area contributed by atoms with E-state index >= 15 is 0 Å². The van der Waals surface area contributed by atoms with Gasteiger partial charge >= 0.3 is 0 Å². The molecule has 1 aromatic heterocycles. The quantitative estimate of drug-likeness (QED) is 0.212. The summed E-state index contributed by atoms with van der Waals surface area (Å²) in [5, 5.41) is 17.5. The SMILES string of the molecule is CCc1nncn1CCNC(=NC)NCCNC(=O)CC1CCCCC1.I. The van der Waals surface area contributed by atoms with Gasteiger partial charge in [-0.3, -0.25) is 9.79 Å². The molecular weight excluding hydrogens is 457 g/mol. The van der Waals surface area contributed by atoms with Gasteiger partial charge in [-0.15, -0.1) is 34.2 Å². The average molecular weight is 491 g/mol. The zero-order valence-electron chi connectivity index (χ0n) is 16.5. The van der Waals surface area contributed by atoms with E-state index in [9.17, 15) is 4.79 Å². The first kappa shape index (κ1) is 23.6. The number of nitrogens with one attached hydrogen (secondary N) is 3. The summed E-state index contributed by atoms with van der Waals surface area (Å²) in [5.74, 6) is 2.46.